The molecule has 190 valence electrons. The van der Waals surface area contributed by atoms with Gasteiger partial charge in [-0.3, -0.25) is 0 Å². The molecule has 0 saturated heterocycles. The Morgan fingerprint density at radius 2 is 0.789 bits per heavy atom. The Labute approximate surface area is 228 Å². The fourth-order valence-electron chi connectivity index (χ4n) is 4.07. The number of carbonyl (C=O) groups is 2. The Hall–Kier alpha value is -4.40. The lowest BCUT2D eigenvalue weighted by Crippen LogP contribution is -2.10. The van der Waals surface area contributed by atoms with Crippen LogP contribution in [0.1, 0.15) is 30.5 Å². The summed E-state index contributed by atoms with van der Waals surface area (Å²) in [7, 11) is 0. The molecule has 5 rings (SSSR count). The van der Waals surface area contributed by atoms with Gasteiger partial charge in [0.1, 0.15) is 19.8 Å². The molecule has 0 saturated carbocycles. The maximum Gasteiger partial charge on any atom is 0.345 e. The molecular formula is C30H24N2O4S2. The Balaban J connectivity index is 1.58. The van der Waals surface area contributed by atoms with Gasteiger partial charge in [-0.25, -0.2) is 9.59 Å². The van der Waals surface area contributed by atoms with Crippen molar-refractivity contribution in [2.45, 2.75) is 13.8 Å². The maximum atomic E-state index is 11.6. The number of carboxylic acid groups (broad SMARTS) is 2. The molecule has 5 aromatic rings. The summed E-state index contributed by atoms with van der Waals surface area (Å²) in [5.41, 5.74) is 5.85. The second kappa shape index (κ2) is 10.5. The van der Waals surface area contributed by atoms with E-state index in [1.165, 1.54) is 22.7 Å². The van der Waals surface area contributed by atoms with Gasteiger partial charge in [0.25, 0.3) is 0 Å². The fourth-order valence-corrected chi connectivity index (χ4v) is 5.84. The highest BCUT2D eigenvalue weighted by Gasteiger charge is 2.20. The number of hydrogen-bond donors (Lipinski definition) is 2. The van der Waals surface area contributed by atoms with Gasteiger partial charge in [0.2, 0.25) is 0 Å². The van der Waals surface area contributed by atoms with Gasteiger partial charge in [0.15, 0.2) is 0 Å². The van der Waals surface area contributed by atoms with Gasteiger partial charge in [-0.05, 0) is 86.6 Å². The summed E-state index contributed by atoms with van der Waals surface area (Å²) >= 11 is 2.43. The normalized spacial score (nSPS) is 10.8. The van der Waals surface area contributed by atoms with Crippen molar-refractivity contribution < 1.29 is 19.8 Å². The van der Waals surface area contributed by atoms with Gasteiger partial charge in [0, 0.05) is 22.7 Å². The molecule has 38 heavy (non-hydrogen) atoms. The van der Waals surface area contributed by atoms with Crippen LogP contribution in [0.5, 0.6) is 0 Å². The minimum atomic E-state index is -0.953. The maximum absolute atomic E-state index is 11.6. The van der Waals surface area contributed by atoms with E-state index in [-0.39, 0.29) is 9.75 Å². The van der Waals surface area contributed by atoms with E-state index in [0.29, 0.717) is 0 Å². The van der Waals surface area contributed by atoms with Gasteiger partial charge < -0.3 is 20.0 Å². The summed E-state index contributed by atoms with van der Waals surface area (Å²) < 4.78 is 0. The van der Waals surface area contributed by atoms with Gasteiger partial charge >= 0.3 is 11.9 Å². The molecule has 0 aliphatic heterocycles. The first kappa shape index (κ1) is 25.3. The summed E-state index contributed by atoms with van der Waals surface area (Å²) in [6, 6.07) is 31.0. The van der Waals surface area contributed by atoms with Gasteiger partial charge in [-0.15, -0.1) is 22.7 Å². The quantitative estimate of drug-likeness (QED) is 0.205. The predicted molar refractivity (Wildman–Crippen MR) is 155 cm³/mol. The number of nitrogens with zero attached hydrogens (tertiary/aromatic N) is 2. The SMILES string of the molecule is Cc1ccc(N(c2ccc(N(c3ccc(C)cc3)c3ccc(C(=O)O)s3)cc2)c2ccc(C(=O)O)s2)cc1. The first-order valence-corrected chi connectivity index (χ1v) is 13.4. The lowest BCUT2D eigenvalue weighted by molar-refractivity contribution is 0.0691. The first-order valence-electron chi connectivity index (χ1n) is 11.8. The molecule has 6 nitrogen and oxygen atoms in total. The zero-order valence-electron chi connectivity index (χ0n) is 20.7. The second-order valence-electron chi connectivity index (χ2n) is 8.74. The summed E-state index contributed by atoms with van der Waals surface area (Å²) in [4.78, 5) is 27.7. The van der Waals surface area contributed by atoms with Crippen LogP contribution < -0.4 is 9.80 Å². The molecule has 0 aliphatic carbocycles. The fraction of sp³-hybridized carbons (Fsp3) is 0.0667. The van der Waals surface area contributed by atoms with Crippen LogP contribution in [0.3, 0.4) is 0 Å². The van der Waals surface area contributed by atoms with E-state index in [1.807, 2.05) is 109 Å². The molecule has 3 aromatic carbocycles. The largest absolute Gasteiger partial charge is 0.477 e. The topological polar surface area (TPSA) is 81.1 Å². The molecule has 0 unspecified atom stereocenters. The number of thiophene rings is 2. The number of carboxylic acids is 2. The zero-order valence-corrected chi connectivity index (χ0v) is 22.3. The van der Waals surface area contributed by atoms with Crippen LogP contribution >= 0.6 is 22.7 Å². The van der Waals surface area contributed by atoms with Crippen LogP contribution in [0.2, 0.25) is 0 Å². The van der Waals surface area contributed by atoms with E-state index in [4.69, 9.17) is 0 Å². The minimum absolute atomic E-state index is 0.270. The Morgan fingerprint density at radius 1 is 0.500 bits per heavy atom. The van der Waals surface area contributed by atoms with Gasteiger partial charge in [-0.2, -0.15) is 0 Å². The number of rotatable bonds is 8. The van der Waals surface area contributed by atoms with E-state index < -0.39 is 11.9 Å². The Bertz CT molecular complexity index is 1470. The van der Waals surface area contributed by atoms with Crippen LogP contribution in [-0.2, 0) is 0 Å². The van der Waals surface area contributed by atoms with Crippen molar-refractivity contribution in [3.05, 3.63) is 118 Å². The van der Waals surface area contributed by atoms with Crippen molar-refractivity contribution in [3.8, 4) is 0 Å². The highest BCUT2D eigenvalue weighted by atomic mass is 32.1. The molecule has 0 fully saturated rings. The number of aromatic carboxylic acids is 2. The molecule has 0 bridgehead atoms. The van der Waals surface area contributed by atoms with Crippen LogP contribution in [0.4, 0.5) is 32.8 Å². The number of anilines is 6. The molecular weight excluding hydrogens is 516 g/mol. The average Bonchev–Trinajstić information content (AvgIpc) is 3.59. The van der Waals surface area contributed by atoms with Crippen molar-refractivity contribution >= 4 is 67.4 Å². The third-order valence-electron chi connectivity index (χ3n) is 6.00. The van der Waals surface area contributed by atoms with E-state index in [1.54, 1.807) is 12.1 Å². The smallest absolute Gasteiger partial charge is 0.345 e. The third-order valence-corrected chi connectivity index (χ3v) is 8.11. The Morgan fingerprint density at radius 3 is 1.05 bits per heavy atom. The predicted octanol–water partition coefficient (Wildman–Crippen LogP) is 8.76. The molecule has 0 atom stereocenters. The molecule has 0 amide bonds. The molecule has 2 aromatic heterocycles. The monoisotopic (exact) mass is 540 g/mol. The number of hydrogen-bond acceptors (Lipinski definition) is 6. The van der Waals surface area contributed by atoms with Crippen LogP contribution in [0.15, 0.2) is 97.1 Å². The van der Waals surface area contributed by atoms with Crippen molar-refractivity contribution in [1.82, 2.24) is 0 Å². The average molecular weight is 541 g/mol. The summed E-state index contributed by atoms with van der Waals surface area (Å²) in [5, 5.41) is 20.5. The highest BCUT2D eigenvalue weighted by molar-refractivity contribution is 7.18. The first-order chi connectivity index (χ1) is 18.3. The van der Waals surface area contributed by atoms with Crippen molar-refractivity contribution in [1.29, 1.82) is 0 Å². The molecule has 0 aliphatic rings. The Kier molecular flexibility index (Phi) is 7.00. The highest BCUT2D eigenvalue weighted by Crippen LogP contribution is 2.42. The summed E-state index contributed by atoms with van der Waals surface area (Å²) in [6.45, 7) is 4.05. The van der Waals surface area contributed by atoms with E-state index in [9.17, 15) is 19.8 Å². The van der Waals surface area contributed by atoms with E-state index in [0.717, 1.165) is 43.9 Å². The second-order valence-corrected chi connectivity index (χ2v) is 10.9. The van der Waals surface area contributed by atoms with Gasteiger partial charge in [0.05, 0.1) is 0 Å². The molecule has 0 spiro atoms. The lowest BCUT2D eigenvalue weighted by Gasteiger charge is -2.26. The molecule has 2 N–H and O–H groups in total. The molecule has 8 heteroatoms. The van der Waals surface area contributed by atoms with Crippen LogP contribution in [0, 0.1) is 13.8 Å². The minimum Gasteiger partial charge on any atom is -0.477 e. The summed E-state index contributed by atoms with van der Waals surface area (Å²) in [5.74, 6) is -1.91. The third kappa shape index (κ3) is 5.18. The van der Waals surface area contributed by atoms with Crippen molar-refractivity contribution in [2.24, 2.45) is 0 Å². The van der Waals surface area contributed by atoms with Crippen molar-refractivity contribution in [3.63, 3.8) is 0 Å². The summed E-state index contributed by atoms with van der Waals surface area (Å²) in [6.07, 6.45) is 0. The van der Waals surface area contributed by atoms with E-state index in [2.05, 4.69) is 0 Å². The van der Waals surface area contributed by atoms with E-state index >= 15 is 0 Å². The lowest BCUT2D eigenvalue weighted by atomic mass is 10.1. The number of benzene rings is 3. The molecule has 0 radical (unpaired) electrons. The van der Waals surface area contributed by atoms with Crippen LogP contribution in [-0.4, -0.2) is 22.2 Å². The van der Waals surface area contributed by atoms with Gasteiger partial charge in [-0.1, -0.05) is 35.4 Å². The van der Waals surface area contributed by atoms with Crippen LogP contribution in [0.25, 0.3) is 0 Å². The molecule has 2 heterocycles. The standard InChI is InChI=1S/C30H24N2O4S2/c1-19-3-7-21(8-4-19)31(27-17-15-25(37-27)29(33)34)23-11-13-24(14-12-23)32(22-9-5-20(2)6-10-22)28-18-16-26(38-28)30(35)36/h3-18H,1-2H3,(H,33,34)(H,35,36). The number of aryl methyl sites for hydroxylation is 2. The zero-order chi connectivity index (χ0) is 26.8. The van der Waals surface area contributed by atoms with Crippen molar-refractivity contribution in [2.75, 3.05) is 9.80 Å².